The minimum atomic E-state index is -1.11. The topological polar surface area (TPSA) is 77.2 Å². The predicted octanol–water partition coefficient (Wildman–Crippen LogP) is 4.07. The standard InChI is InChI=1S/C18H22ClN3O3/c1-11-17(2,3)18(11,4)8-10-25-14-7-9-22(21-14)13-6-5-12(16(23)24)15(19)20-13/h5-7,9,11H,8,10H2,1-4H3,(H,23,24). The van der Waals surface area contributed by atoms with Gasteiger partial charge in [-0.15, -0.1) is 5.10 Å². The fourth-order valence-corrected chi connectivity index (χ4v) is 3.74. The quantitative estimate of drug-likeness (QED) is 0.783. The van der Waals surface area contributed by atoms with E-state index < -0.39 is 5.97 Å². The molecule has 1 fully saturated rings. The summed E-state index contributed by atoms with van der Waals surface area (Å²) in [6.45, 7) is 9.78. The molecule has 0 aliphatic heterocycles. The molecule has 0 saturated heterocycles. The molecule has 0 bridgehead atoms. The van der Waals surface area contributed by atoms with Crippen LogP contribution in [-0.2, 0) is 0 Å². The first kappa shape index (κ1) is 17.7. The van der Waals surface area contributed by atoms with E-state index in [0.29, 0.717) is 35.1 Å². The molecule has 0 radical (unpaired) electrons. The van der Waals surface area contributed by atoms with Gasteiger partial charge in [-0.05, 0) is 35.3 Å². The van der Waals surface area contributed by atoms with E-state index in [-0.39, 0.29) is 10.7 Å². The molecule has 1 aliphatic carbocycles. The van der Waals surface area contributed by atoms with Gasteiger partial charge < -0.3 is 9.84 Å². The van der Waals surface area contributed by atoms with Gasteiger partial charge in [0.25, 0.3) is 0 Å². The zero-order valence-electron chi connectivity index (χ0n) is 14.8. The molecule has 2 heterocycles. The second-order valence-corrected chi connectivity index (χ2v) is 7.73. The second kappa shape index (κ2) is 6.02. The van der Waals surface area contributed by atoms with Crippen molar-refractivity contribution in [3.8, 4) is 11.7 Å². The molecule has 2 aromatic rings. The Morgan fingerprint density at radius 1 is 1.36 bits per heavy atom. The molecule has 0 aromatic carbocycles. The van der Waals surface area contributed by atoms with E-state index in [9.17, 15) is 4.79 Å². The Bertz CT molecular complexity index is 818. The summed E-state index contributed by atoms with van der Waals surface area (Å²) in [6.07, 6.45) is 2.69. The molecule has 1 N–H and O–H groups in total. The highest BCUT2D eigenvalue weighted by molar-refractivity contribution is 6.32. The number of rotatable bonds is 6. The Morgan fingerprint density at radius 2 is 2.04 bits per heavy atom. The first-order valence-electron chi connectivity index (χ1n) is 8.25. The lowest BCUT2D eigenvalue weighted by Crippen LogP contribution is -2.10. The third-order valence-electron chi connectivity index (χ3n) is 6.16. The van der Waals surface area contributed by atoms with Crippen LogP contribution in [0.4, 0.5) is 0 Å². The maximum absolute atomic E-state index is 11.0. The van der Waals surface area contributed by atoms with Crippen molar-refractivity contribution in [3.63, 3.8) is 0 Å². The van der Waals surface area contributed by atoms with Crippen LogP contribution in [0, 0.1) is 16.7 Å². The highest BCUT2D eigenvalue weighted by Gasteiger charge is 2.64. The van der Waals surface area contributed by atoms with Crippen LogP contribution < -0.4 is 4.74 Å². The molecule has 7 heteroatoms. The van der Waals surface area contributed by atoms with E-state index in [4.69, 9.17) is 21.4 Å². The highest BCUT2D eigenvalue weighted by atomic mass is 35.5. The van der Waals surface area contributed by atoms with Gasteiger partial charge in [-0.1, -0.05) is 39.3 Å². The third kappa shape index (κ3) is 2.99. The van der Waals surface area contributed by atoms with E-state index >= 15 is 0 Å². The first-order chi connectivity index (χ1) is 11.7. The van der Waals surface area contributed by atoms with Crippen LogP contribution in [0.5, 0.6) is 5.88 Å². The van der Waals surface area contributed by atoms with Crippen molar-refractivity contribution < 1.29 is 14.6 Å². The summed E-state index contributed by atoms with van der Waals surface area (Å²) in [4.78, 5) is 15.0. The summed E-state index contributed by atoms with van der Waals surface area (Å²) in [5.74, 6) is 0.517. The van der Waals surface area contributed by atoms with Gasteiger partial charge in [0.1, 0.15) is 5.15 Å². The zero-order valence-corrected chi connectivity index (χ0v) is 15.5. The lowest BCUT2D eigenvalue weighted by atomic mass is 9.95. The van der Waals surface area contributed by atoms with E-state index in [1.54, 1.807) is 18.3 Å². The summed E-state index contributed by atoms with van der Waals surface area (Å²) >= 11 is 5.90. The number of carbonyl (C=O) groups is 1. The second-order valence-electron chi connectivity index (χ2n) is 7.37. The minimum absolute atomic E-state index is 0.0385. The number of hydrogen-bond donors (Lipinski definition) is 1. The number of hydrogen-bond acceptors (Lipinski definition) is 4. The van der Waals surface area contributed by atoms with Gasteiger partial charge in [-0.25, -0.2) is 14.5 Å². The van der Waals surface area contributed by atoms with Crippen molar-refractivity contribution in [1.82, 2.24) is 14.8 Å². The molecule has 2 unspecified atom stereocenters. The van der Waals surface area contributed by atoms with Gasteiger partial charge in [0.15, 0.2) is 5.82 Å². The van der Waals surface area contributed by atoms with Crippen molar-refractivity contribution in [2.24, 2.45) is 16.7 Å². The lowest BCUT2D eigenvalue weighted by Gasteiger charge is -2.14. The average molecular weight is 364 g/mol. The van der Waals surface area contributed by atoms with E-state index in [1.807, 2.05) is 0 Å². The van der Waals surface area contributed by atoms with Crippen LogP contribution in [0.3, 0.4) is 0 Å². The predicted molar refractivity (Wildman–Crippen MR) is 94.5 cm³/mol. The summed E-state index contributed by atoms with van der Waals surface area (Å²) in [5, 5.41) is 13.2. The van der Waals surface area contributed by atoms with Crippen LogP contribution in [0.1, 0.15) is 44.5 Å². The Hall–Kier alpha value is -2.08. The van der Waals surface area contributed by atoms with Crippen LogP contribution in [0.15, 0.2) is 24.4 Å². The van der Waals surface area contributed by atoms with Gasteiger partial charge in [0, 0.05) is 12.3 Å². The number of halogens is 1. The molecule has 2 atom stereocenters. The van der Waals surface area contributed by atoms with Gasteiger partial charge in [-0.2, -0.15) is 0 Å². The lowest BCUT2D eigenvalue weighted by molar-refractivity contribution is 0.0696. The largest absolute Gasteiger partial charge is 0.478 e. The SMILES string of the molecule is CC1C(C)(C)C1(C)CCOc1ccn(-c2ccc(C(=O)O)c(Cl)n2)n1. The van der Waals surface area contributed by atoms with E-state index in [0.717, 1.165) is 6.42 Å². The van der Waals surface area contributed by atoms with Gasteiger partial charge in [0.2, 0.25) is 5.88 Å². The summed E-state index contributed by atoms with van der Waals surface area (Å²) in [6, 6.07) is 4.72. The van der Waals surface area contributed by atoms with Crippen LogP contribution >= 0.6 is 11.6 Å². The smallest absolute Gasteiger partial charge is 0.338 e. The molecule has 0 amide bonds. The molecule has 1 saturated carbocycles. The van der Waals surface area contributed by atoms with Crippen molar-refractivity contribution in [1.29, 1.82) is 0 Å². The monoisotopic (exact) mass is 363 g/mol. The Morgan fingerprint density at radius 3 is 2.60 bits per heavy atom. The molecular formula is C18H22ClN3O3. The van der Waals surface area contributed by atoms with Crippen LogP contribution in [-0.4, -0.2) is 32.4 Å². The van der Waals surface area contributed by atoms with Crippen LogP contribution in [0.2, 0.25) is 5.15 Å². The Kier molecular flexibility index (Phi) is 4.27. The number of ether oxygens (including phenoxy) is 1. The van der Waals surface area contributed by atoms with Crippen molar-refractivity contribution >= 4 is 17.6 Å². The Labute approximate surface area is 151 Å². The molecule has 134 valence electrons. The number of carboxylic acid groups (broad SMARTS) is 1. The average Bonchev–Trinajstić information content (AvgIpc) is 2.89. The molecule has 6 nitrogen and oxygen atoms in total. The zero-order chi connectivity index (χ0) is 18.4. The summed E-state index contributed by atoms with van der Waals surface area (Å²) in [5.41, 5.74) is 0.614. The molecule has 0 spiro atoms. The van der Waals surface area contributed by atoms with Crippen molar-refractivity contribution in [2.45, 2.75) is 34.1 Å². The number of aromatic nitrogens is 3. The number of nitrogens with zero attached hydrogens (tertiary/aromatic N) is 3. The first-order valence-corrected chi connectivity index (χ1v) is 8.63. The molecule has 1 aliphatic rings. The minimum Gasteiger partial charge on any atom is -0.478 e. The van der Waals surface area contributed by atoms with Gasteiger partial charge >= 0.3 is 5.97 Å². The maximum Gasteiger partial charge on any atom is 0.338 e. The van der Waals surface area contributed by atoms with Gasteiger partial charge in [-0.3, -0.25) is 0 Å². The Balaban J connectivity index is 1.63. The number of aromatic carboxylic acids is 1. The van der Waals surface area contributed by atoms with Gasteiger partial charge in [0.05, 0.1) is 12.2 Å². The highest BCUT2D eigenvalue weighted by Crippen LogP contribution is 2.70. The fourth-order valence-electron chi connectivity index (χ4n) is 3.51. The van der Waals surface area contributed by atoms with E-state index in [2.05, 4.69) is 37.8 Å². The maximum atomic E-state index is 11.0. The van der Waals surface area contributed by atoms with Crippen molar-refractivity contribution in [3.05, 3.63) is 35.1 Å². The normalized spacial score (nSPS) is 24.1. The molecular weight excluding hydrogens is 342 g/mol. The fraction of sp³-hybridized carbons (Fsp3) is 0.500. The van der Waals surface area contributed by atoms with Crippen LogP contribution in [0.25, 0.3) is 5.82 Å². The number of pyridine rings is 1. The number of carboxylic acids is 1. The van der Waals surface area contributed by atoms with Crippen molar-refractivity contribution in [2.75, 3.05) is 6.61 Å². The molecule has 2 aromatic heterocycles. The van der Waals surface area contributed by atoms with E-state index in [1.165, 1.54) is 10.7 Å². The summed E-state index contributed by atoms with van der Waals surface area (Å²) < 4.78 is 7.28. The summed E-state index contributed by atoms with van der Waals surface area (Å²) in [7, 11) is 0. The molecule has 3 rings (SSSR count). The molecule has 25 heavy (non-hydrogen) atoms. The third-order valence-corrected chi connectivity index (χ3v) is 6.45.